The molecule has 8 nitrogen and oxygen atoms in total. The first-order valence-electron chi connectivity index (χ1n) is 5.47. The van der Waals surface area contributed by atoms with E-state index in [4.69, 9.17) is 4.74 Å². The van der Waals surface area contributed by atoms with Crippen LogP contribution in [0.4, 0.5) is 5.95 Å². The molecule has 1 N–H and O–H groups in total. The highest BCUT2D eigenvalue weighted by atomic mass is 32.1. The van der Waals surface area contributed by atoms with Crippen LogP contribution in [0.15, 0.2) is 23.8 Å². The highest BCUT2D eigenvalue weighted by Gasteiger charge is 2.15. The Hall–Kier alpha value is -1.84. The molecule has 1 atom stereocenters. The second kappa shape index (κ2) is 6.36. The van der Waals surface area contributed by atoms with Crippen molar-refractivity contribution in [3.8, 4) is 0 Å². The second-order valence-corrected chi connectivity index (χ2v) is 4.80. The van der Waals surface area contributed by atoms with E-state index in [0.29, 0.717) is 6.61 Å². The summed E-state index contributed by atoms with van der Waals surface area (Å²) in [6, 6.07) is 3.87. The van der Waals surface area contributed by atoms with E-state index in [0.717, 1.165) is 4.88 Å². The Kier molecular flexibility index (Phi) is 4.55. The van der Waals surface area contributed by atoms with Gasteiger partial charge in [-0.3, -0.25) is 0 Å². The summed E-state index contributed by atoms with van der Waals surface area (Å²) in [5, 5.41) is 25.6. The molecule has 2 rings (SSSR count). The summed E-state index contributed by atoms with van der Waals surface area (Å²) in [7, 11) is 0. The van der Waals surface area contributed by atoms with E-state index >= 15 is 0 Å². The number of ether oxygens (including phenoxy) is 1. The summed E-state index contributed by atoms with van der Waals surface area (Å²) < 4.78 is 6.55. The Morgan fingerprint density at radius 1 is 1.63 bits per heavy atom. The van der Waals surface area contributed by atoms with Gasteiger partial charge in [-0.2, -0.15) is 4.68 Å². The van der Waals surface area contributed by atoms with Crippen molar-refractivity contribution < 1.29 is 14.8 Å². The summed E-state index contributed by atoms with van der Waals surface area (Å²) in [5.74, 6) is -0.480. The van der Waals surface area contributed by atoms with Crippen molar-refractivity contribution in [2.75, 3.05) is 6.61 Å². The van der Waals surface area contributed by atoms with E-state index in [1.165, 1.54) is 11.0 Å². The van der Waals surface area contributed by atoms with Crippen LogP contribution in [0.25, 0.3) is 0 Å². The SMILES string of the molecule is O=[N+]([O-])c1ncn(C[C@@H](O)COCc2cccs2)n1. The van der Waals surface area contributed by atoms with Crippen molar-refractivity contribution in [2.45, 2.75) is 19.3 Å². The van der Waals surface area contributed by atoms with Crippen LogP contribution in [-0.2, 0) is 17.9 Å². The standard InChI is InChI=1S/C10H12N4O4S/c15-8(5-18-6-9-2-1-3-19-9)4-13-7-11-10(12-13)14(16)17/h1-3,7-8,15H,4-6H2/t8-/m1/s1. The minimum atomic E-state index is -0.790. The van der Waals surface area contributed by atoms with Gasteiger partial charge in [-0.05, 0) is 16.4 Å². The molecule has 19 heavy (non-hydrogen) atoms. The minimum absolute atomic E-state index is 0.102. The summed E-state index contributed by atoms with van der Waals surface area (Å²) in [5.41, 5.74) is 0. The van der Waals surface area contributed by atoms with Gasteiger partial charge in [0.25, 0.3) is 0 Å². The predicted octanol–water partition coefficient (Wildman–Crippen LogP) is 0.826. The zero-order chi connectivity index (χ0) is 13.7. The van der Waals surface area contributed by atoms with Crippen LogP contribution >= 0.6 is 11.3 Å². The number of hydrogen-bond donors (Lipinski definition) is 1. The van der Waals surface area contributed by atoms with E-state index in [1.54, 1.807) is 11.3 Å². The lowest BCUT2D eigenvalue weighted by Gasteiger charge is -2.08. The molecule has 0 aliphatic rings. The van der Waals surface area contributed by atoms with E-state index < -0.39 is 17.0 Å². The van der Waals surface area contributed by atoms with Gasteiger partial charge >= 0.3 is 5.95 Å². The molecule has 9 heteroatoms. The van der Waals surface area contributed by atoms with Gasteiger partial charge in [-0.1, -0.05) is 11.1 Å². The molecule has 0 unspecified atom stereocenters. The summed E-state index contributed by atoms with van der Waals surface area (Å²) in [6.07, 6.45) is 0.418. The first kappa shape index (κ1) is 13.6. The van der Waals surface area contributed by atoms with Crippen molar-refractivity contribution in [1.82, 2.24) is 14.8 Å². The lowest BCUT2D eigenvalue weighted by Crippen LogP contribution is -2.22. The maximum atomic E-state index is 10.4. The van der Waals surface area contributed by atoms with Gasteiger partial charge in [0.1, 0.15) is 0 Å². The number of aliphatic hydroxyl groups excluding tert-OH is 1. The predicted molar refractivity (Wildman–Crippen MR) is 66.7 cm³/mol. The van der Waals surface area contributed by atoms with Crippen LogP contribution in [-0.4, -0.2) is 37.5 Å². The molecule has 0 amide bonds. The zero-order valence-corrected chi connectivity index (χ0v) is 10.7. The quantitative estimate of drug-likeness (QED) is 0.596. The van der Waals surface area contributed by atoms with Gasteiger partial charge in [0, 0.05) is 9.98 Å². The molecular weight excluding hydrogens is 272 g/mol. The van der Waals surface area contributed by atoms with E-state index in [-0.39, 0.29) is 13.2 Å². The summed E-state index contributed by atoms with van der Waals surface area (Å²) in [4.78, 5) is 14.3. The van der Waals surface area contributed by atoms with E-state index in [9.17, 15) is 15.2 Å². The zero-order valence-electron chi connectivity index (χ0n) is 9.88. The third-order valence-electron chi connectivity index (χ3n) is 2.22. The summed E-state index contributed by atoms with van der Waals surface area (Å²) in [6.45, 7) is 0.670. The van der Waals surface area contributed by atoms with Gasteiger partial charge < -0.3 is 20.0 Å². The number of nitrogens with zero attached hydrogens (tertiary/aromatic N) is 4. The monoisotopic (exact) mass is 284 g/mol. The van der Waals surface area contributed by atoms with Crippen molar-refractivity contribution >= 4 is 17.3 Å². The fraction of sp³-hybridized carbons (Fsp3) is 0.400. The lowest BCUT2D eigenvalue weighted by atomic mass is 10.4. The number of aliphatic hydroxyl groups is 1. The molecule has 0 saturated heterocycles. The van der Waals surface area contributed by atoms with Gasteiger partial charge in [0.2, 0.25) is 6.33 Å². The maximum absolute atomic E-state index is 10.4. The van der Waals surface area contributed by atoms with Crippen molar-refractivity contribution in [1.29, 1.82) is 0 Å². The summed E-state index contributed by atoms with van der Waals surface area (Å²) >= 11 is 1.58. The molecule has 2 aromatic heterocycles. The Bertz CT molecular complexity index is 527. The fourth-order valence-electron chi connectivity index (χ4n) is 1.42. The molecule has 102 valence electrons. The molecule has 0 aromatic carbocycles. The highest BCUT2D eigenvalue weighted by Crippen LogP contribution is 2.09. The number of nitro groups is 1. The smallest absolute Gasteiger partial charge is 0.390 e. The first-order chi connectivity index (χ1) is 9.15. The Labute approximate surface area is 112 Å². The largest absolute Gasteiger partial charge is 0.490 e. The molecule has 0 spiro atoms. The minimum Gasteiger partial charge on any atom is -0.390 e. The lowest BCUT2D eigenvalue weighted by molar-refractivity contribution is -0.394. The third-order valence-corrected chi connectivity index (χ3v) is 3.07. The van der Waals surface area contributed by atoms with Crippen LogP contribution in [0.1, 0.15) is 4.88 Å². The van der Waals surface area contributed by atoms with E-state index in [1.807, 2.05) is 17.5 Å². The van der Waals surface area contributed by atoms with Crippen LogP contribution in [0.3, 0.4) is 0 Å². The third kappa shape index (κ3) is 4.09. The number of hydrogen-bond acceptors (Lipinski definition) is 7. The number of rotatable bonds is 7. The van der Waals surface area contributed by atoms with Gasteiger partial charge in [-0.25, -0.2) is 0 Å². The topological polar surface area (TPSA) is 103 Å². The Morgan fingerprint density at radius 3 is 3.11 bits per heavy atom. The van der Waals surface area contributed by atoms with Crippen molar-refractivity contribution in [2.24, 2.45) is 0 Å². The molecule has 0 aliphatic carbocycles. The van der Waals surface area contributed by atoms with Crippen molar-refractivity contribution in [3.63, 3.8) is 0 Å². The van der Waals surface area contributed by atoms with Crippen LogP contribution in [0, 0.1) is 10.1 Å². The van der Waals surface area contributed by atoms with Gasteiger partial charge in [0.05, 0.1) is 25.9 Å². The van der Waals surface area contributed by atoms with Crippen molar-refractivity contribution in [3.05, 3.63) is 38.8 Å². The Balaban J connectivity index is 1.74. The van der Waals surface area contributed by atoms with Gasteiger partial charge in [-0.15, -0.1) is 11.3 Å². The average Bonchev–Trinajstić information content (AvgIpc) is 3.00. The average molecular weight is 284 g/mol. The molecule has 0 bridgehead atoms. The maximum Gasteiger partial charge on any atom is 0.490 e. The number of aromatic nitrogens is 3. The van der Waals surface area contributed by atoms with Crippen LogP contribution in [0.5, 0.6) is 0 Å². The molecule has 0 fully saturated rings. The molecule has 0 aliphatic heterocycles. The second-order valence-electron chi connectivity index (χ2n) is 3.77. The molecule has 2 aromatic rings. The normalized spacial score (nSPS) is 12.5. The molecule has 2 heterocycles. The van der Waals surface area contributed by atoms with E-state index in [2.05, 4.69) is 10.1 Å². The molecule has 0 saturated carbocycles. The van der Waals surface area contributed by atoms with Crippen LogP contribution in [0.2, 0.25) is 0 Å². The first-order valence-corrected chi connectivity index (χ1v) is 6.35. The molecule has 0 radical (unpaired) electrons. The Morgan fingerprint density at radius 2 is 2.47 bits per heavy atom. The highest BCUT2D eigenvalue weighted by molar-refractivity contribution is 7.09. The molecular formula is C10H12N4O4S. The fourth-order valence-corrected chi connectivity index (χ4v) is 2.06. The van der Waals surface area contributed by atoms with Crippen LogP contribution < -0.4 is 0 Å². The number of thiophene rings is 1. The van der Waals surface area contributed by atoms with Gasteiger partial charge in [0.15, 0.2) is 0 Å².